The zero-order valence-corrected chi connectivity index (χ0v) is 9.68. The fraction of sp³-hybridized carbons (Fsp3) is 0.250. The lowest BCUT2D eigenvalue weighted by Crippen LogP contribution is -2.26. The highest BCUT2D eigenvalue weighted by atomic mass is 16.5. The van der Waals surface area contributed by atoms with Crippen LogP contribution in [0.3, 0.4) is 0 Å². The molecule has 2 aromatic heterocycles. The van der Waals surface area contributed by atoms with Crippen molar-refractivity contribution in [3.05, 3.63) is 47.6 Å². The van der Waals surface area contributed by atoms with Crippen LogP contribution in [0.5, 0.6) is 0 Å². The number of pyridine rings is 1. The monoisotopic (exact) mass is 231 g/mol. The van der Waals surface area contributed by atoms with Crippen LogP contribution in [0.25, 0.3) is 0 Å². The van der Waals surface area contributed by atoms with Crippen LogP contribution in [0.4, 0.5) is 0 Å². The van der Waals surface area contributed by atoms with E-state index in [9.17, 15) is 4.79 Å². The Labute approximate surface area is 98.8 Å². The predicted octanol–water partition coefficient (Wildman–Crippen LogP) is 1.87. The van der Waals surface area contributed by atoms with Gasteiger partial charge in [0, 0.05) is 18.5 Å². The maximum Gasteiger partial charge on any atom is 0.290 e. The standard InChI is InChI=1S/C12H13N3O2/c1-8-7-11(17-15-8)12(16)14-9(2)10-3-5-13-6-4-10/h3-7,9H,1-2H3,(H,14,16). The van der Waals surface area contributed by atoms with Gasteiger partial charge in [-0.2, -0.15) is 0 Å². The lowest BCUT2D eigenvalue weighted by molar-refractivity contribution is 0.0902. The highest BCUT2D eigenvalue weighted by Gasteiger charge is 2.14. The minimum atomic E-state index is -0.269. The molecule has 0 saturated carbocycles. The van der Waals surface area contributed by atoms with Gasteiger partial charge in [-0.25, -0.2) is 0 Å². The summed E-state index contributed by atoms with van der Waals surface area (Å²) in [5, 5.41) is 6.50. The molecule has 5 heteroatoms. The van der Waals surface area contributed by atoms with E-state index in [0.29, 0.717) is 5.69 Å². The molecule has 2 heterocycles. The summed E-state index contributed by atoms with van der Waals surface area (Å²) in [6.45, 7) is 3.67. The van der Waals surface area contributed by atoms with Gasteiger partial charge in [0.25, 0.3) is 5.91 Å². The molecular weight excluding hydrogens is 218 g/mol. The van der Waals surface area contributed by atoms with Crippen LogP contribution < -0.4 is 5.32 Å². The number of aryl methyl sites for hydroxylation is 1. The molecule has 0 aliphatic carbocycles. The quantitative estimate of drug-likeness (QED) is 0.875. The molecule has 2 aromatic rings. The largest absolute Gasteiger partial charge is 0.351 e. The van der Waals surface area contributed by atoms with Crippen molar-refractivity contribution in [2.75, 3.05) is 0 Å². The first-order chi connectivity index (χ1) is 8.16. The van der Waals surface area contributed by atoms with Crippen molar-refractivity contribution in [2.45, 2.75) is 19.9 Å². The van der Waals surface area contributed by atoms with E-state index in [4.69, 9.17) is 4.52 Å². The summed E-state index contributed by atoms with van der Waals surface area (Å²) >= 11 is 0. The summed E-state index contributed by atoms with van der Waals surface area (Å²) in [5.74, 6) is -0.0432. The van der Waals surface area contributed by atoms with Gasteiger partial charge < -0.3 is 9.84 Å². The number of carbonyl (C=O) groups excluding carboxylic acids is 1. The topological polar surface area (TPSA) is 68.0 Å². The Morgan fingerprint density at radius 3 is 2.71 bits per heavy atom. The lowest BCUT2D eigenvalue weighted by Gasteiger charge is -2.12. The molecule has 0 saturated heterocycles. The van der Waals surface area contributed by atoms with Crippen LogP contribution in [-0.2, 0) is 0 Å². The van der Waals surface area contributed by atoms with Gasteiger partial charge in [-0.1, -0.05) is 5.16 Å². The van der Waals surface area contributed by atoms with Gasteiger partial charge in [-0.15, -0.1) is 0 Å². The summed E-state index contributed by atoms with van der Waals surface area (Å²) in [6, 6.07) is 5.22. The summed E-state index contributed by atoms with van der Waals surface area (Å²) in [6.07, 6.45) is 3.38. The summed E-state index contributed by atoms with van der Waals surface area (Å²) in [7, 11) is 0. The highest BCUT2D eigenvalue weighted by Crippen LogP contribution is 2.11. The van der Waals surface area contributed by atoms with Gasteiger partial charge in [0.2, 0.25) is 5.76 Å². The Morgan fingerprint density at radius 2 is 2.12 bits per heavy atom. The average Bonchev–Trinajstić information content (AvgIpc) is 2.77. The van der Waals surface area contributed by atoms with E-state index in [1.54, 1.807) is 25.4 Å². The van der Waals surface area contributed by atoms with Crippen LogP contribution in [0.15, 0.2) is 35.1 Å². The van der Waals surface area contributed by atoms with Gasteiger partial charge in [-0.3, -0.25) is 9.78 Å². The highest BCUT2D eigenvalue weighted by molar-refractivity contribution is 5.91. The fourth-order valence-electron chi connectivity index (χ4n) is 1.47. The molecule has 1 N–H and O–H groups in total. The van der Waals surface area contributed by atoms with Gasteiger partial charge in [0.1, 0.15) is 0 Å². The molecule has 1 amide bonds. The summed E-state index contributed by atoms with van der Waals surface area (Å²) in [4.78, 5) is 15.7. The van der Waals surface area contributed by atoms with Gasteiger partial charge in [0.05, 0.1) is 11.7 Å². The van der Waals surface area contributed by atoms with E-state index >= 15 is 0 Å². The van der Waals surface area contributed by atoms with Crippen LogP contribution in [0, 0.1) is 6.92 Å². The zero-order valence-electron chi connectivity index (χ0n) is 9.68. The third kappa shape index (κ3) is 2.69. The third-order valence-corrected chi connectivity index (χ3v) is 2.41. The van der Waals surface area contributed by atoms with Crippen molar-refractivity contribution in [2.24, 2.45) is 0 Å². The van der Waals surface area contributed by atoms with Gasteiger partial charge in [0.15, 0.2) is 0 Å². The molecule has 2 rings (SSSR count). The SMILES string of the molecule is Cc1cc(C(=O)NC(C)c2ccncc2)on1. The molecule has 0 aliphatic rings. The summed E-state index contributed by atoms with van der Waals surface area (Å²) < 4.78 is 4.89. The van der Waals surface area contributed by atoms with Crippen molar-refractivity contribution in [1.82, 2.24) is 15.5 Å². The molecule has 17 heavy (non-hydrogen) atoms. The second kappa shape index (κ2) is 4.78. The molecule has 0 spiro atoms. The van der Waals surface area contributed by atoms with Gasteiger partial charge in [-0.05, 0) is 31.5 Å². The van der Waals surface area contributed by atoms with E-state index < -0.39 is 0 Å². The summed E-state index contributed by atoms with van der Waals surface area (Å²) in [5.41, 5.74) is 1.68. The van der Waals surface area contributed by atoms with E-state index in [1.807, 2.05) is 19.1 Å². The maximum atomic E-state index is 11.8. The van der Waals surface area contributed by atoms with E-state index in [-0.39, 0.29) is 17.7 Å². The van der Waals surface area contributed by atoms with Crippen LogP contribution in [0.1, 0.15) is 34.8 Å². The molecule has 0 aromatic carbocycles. The lowest BCUT2D eigenvalue weighted by atomic mass is 10.1. The maximum absolute atomic E-state index is 11.8. The minimum absolute atomic E-state index is 0.101. The Hall–Kier alpha value is -2.17. The number of hydrogen-bond donors (Lipinski definition) is 1. The molecule has 0 bridgehead atoms. The van der Waals surface area contributed by atoms with E-state index in [0.717, 1.165) is 5.56 Å². The number of hydrogen-bond acceptors (Lipinski definition) is 4. The minimum Gasteiger partial charge on any atom is -0.351 e. The van der Waals surface area contributed by atoms with Gasteiger partial charge >= 0.3 is 0 Å². The first-order valence-electron chi connectivity index (χ1n) is 5.31. The first kappa shape index (κ1) is 11.3. The molecule has 1 atom stereocenters. The van der Waals surface area contributed by atoms with Crippen molar-refractivity contribution in [3.63, 3.8) is 0 Å². The van der Waals surface area contributed by atoms with E-state index in [1.165, 1.54) is 0 Å². The fourth-order valence-corrected chi connectivity index (χ4v) is 1.47. The number of carbonyl (C=O) groups is 1. The molecule has 1 unspecified atom stereocenters. The molecule has 88 valence electrons. The number of amides is 1. The van der Waals surface area contributed by atoms with Crippen molar-refractivity contribution < 1.29 is 9.32 Å². The number of rotatable bonds is 3. The van der Waals surface area contributed by atoms with Crippen LogP contribution in [-0.4, -0.2) is 16.0 Å². The number of aromatic nitrogens is 2. The Kier molecular flexibility index (Phi) is 3.18. The normalized spacial score (nSPS) is 12.1. The average molecular weight is 231 g/mol. The molecular formula is C12H13N3O2. The second-order valence-corrected chi connectivity index (χ2v) is 3.81. The van der Waals surface area contributed by atoms with Crippen molar-refractivity contribution in [3.8, 4) is 0 Å². The molecule has 0 radical (unpaired) electrons. The number of nitrogens with one attached hydrogen (secondary N) is 1. The third-order valence-electron chi connectivity index (χ3n) is 2.41. The second-order valence-electron chi connectivity index (χ2n) is 3.81. The van der Waals surface area contributed by atoms with Crippen molar-refractivity contribution in [1.29, 1.82) is 0 Å². The molecule has 0 aliphatic heterocycles. The van der Waals surface area contributed by atoms with Crippen molar-refractivity contribution >= 4 is 5.91 Å². The Balaban J connectivity index is 2.04. The Morgan fingerprint density at radius 1 is 1.41 bits per heavy atom. The Bertz CT molecular complexity index is 507. The smallest absolute Gasteiger partial charge is 0.290 e. The molecule has 0 fully saturated rings. The first-order valence-corrected chi connectivity index (χ1v) is 5.31. The van der Waals surface area contributed by atoms with E-state index in [2.05, 4.69) is 15.5 Å². The predicted molar refractivity (Wildman–Crippen MR) is 61.4 cm³/mol. The number of nitrogens with zero attached hydrogens (tertiary/aromatic N) is 2. The van der Waals surface area contributed by atoms with Crippen LogP contribution in [0.2, 0.25) is 0 Å². The van der Waals surface area contributed by atoms with Crippen LogP contribution >= 0.6 is 0 Å². The zero-order chi connectivity index (χ0) is 12.3. The molecule has 5 nitrogen and oxygen atoms in total.